The summed E-state index contributed by atoms with van der Waals surface area (Å²) in [6.07, 6.45) is 8.33. The molecule has 2 aliphatic carbocycles. The molecule has 98 valence electrons. The second-order valence-corrected chi connectivity index (χ2v) is 5.73. The zero-order valence-corrected chi connectivity index (χ0v) is 11.0. The highest BCUT2D eigenvalue weighted by atomic mass is 16.3. The molecule has 1 aromatic rings. The summed E-state index contributed by atoms with van der Waals surface area (Å²) in [6.45, 7) is 0. The fourth-order valence-corrected chi connectivity index (χ4v) is 3.64. The summed E-state index contributed by atoms with van der Waals surface area (Å²) in [4.78, 5) is 0. The lowest BCUT2D eigenvalue weighted by Gasteiger charge is -2.35. The van der Waals surface area contributed by atoms with Gasteiger partial charge in [-0.15, -0.1) is 0 Å². The van der Waals surface area contributed by atoms with Gasteiger partial charge in [0.25, 0.3) is 0 Å². The lowest BCUT2D eigenvalue weighted by molar-refractivity contribution is 0.0477. The molecule has 0 heterocycles. The maximum absolute atomic E-state index is 10.8. The fraction of sp³-hybridized carbons (Fsp3) is 0.471. The summed E-state index contributed by atoms with van der Waals surface area (Å²) in [6, 6.07) is 10.6. The van der Waals surface area contributed by atoms with Crippen LogP contribution >= 0.6 is 0 Å². The summed E-state index contributed by atoms with van der Waals surface area (Å²) in [5.41, 5.74) is 1.60. The molecule has 1 aromatic carbocycles. The number of hydrogen-bond donors (Lipinski definition) is 1. The molecule has 19 heavy (non-hydrogen) atoms. The maximum atomic E-state index is 10.8. The van der Waals surface area contributed by atoms with Crippen molar-refractivity contribution < 1.29 is 5.11 Å². The standard InChI is InChI=1S/C17H19NO/c18-12-17(16(19)14-7-2-1-3-8-14)11-10-13-6-4-5-9-15(13)17/h1-2,4-6,9,14,16,19H,3,7-8,10-11H2. The highest BCUT2D eigenvalue weighted by Crippen LogP contribution is 2.44. The minimum Gasteiger partial charge on any atom is -0.391 e. The molecular formula is C17H19NO. The molecule has 0 saturated heterocycles. The lowest BCUT2D eigenvalue weighted by atomic mass is 9.70. The summed E-state index contributed by atoms with van der Waals surface area (Å²) in [5, 5.41) is 20.6. The van der Waals surface area contributed by atoms with Gasteiger partial charge in [0.2, 0.25) is 0 Å². The van der Waals surface area contributed by atoms with Crippen LogP contribution in [0.25, 0.3) is 0 Å². The van der Waals surface area contributed by atoms with Crippen LogP contribution in [0, 0.1) is 17.2 Å². The minimum absolute atomic E-state index is 0.218. The molecule has 1 N–H and O–H groups in total. The molecular weight excluding hydrogens is 234 g/mol. The van der Waals surface area contributed by atoms with E-state index in [-0.39, 0.29) is 5.92 Å². The third-order valence-electron chi connectivity index (χ3n) is 4.75. The van der Waals surface area contributed by atoms with E-state index in [1.807, 2.05) is 18.2 Å². The van der Waals surface area contributed by atoms with Crippen LogP contribution < -0.4 is 0 Å². The van der Waals surface area contributed by atoms with Crippen molar-refractivity contribution in [3.05, 3.63) is 47.5 Å². The number of hydrogen-bond acceptors (Lipinski definition) is 2. The van der Waals surface area contributed by atoms with E-state index < -0.39 is 11.5 Å². The third kappa shape index (κ3) is 1.89. The number of nitriles is 1. The highest BCUT2D eigenvalue weighted by Gasteiger charge is 2.47. The van der Waals surface area contributed by atoms with E-state index in [1.54, 1.807) is 0 Å². The van der Waals surface area contributed by atoms with Crippen molar-refractivity contribution in [3.8, 4) is 6.07 Å². The zero-order valence-electron chi connectivity index (χ0n) is 11.0. The second kappa shape index (κ2) is 4.83. The van der Waals surface area contributed by atoms with Crippen LogP contribution in [0.2, 0.25) is 0 Å². The average Bonchev–Trinajstić information content (AvgIpc) is 2.87. The van der Waals surface area contributed by atoms with Gasteiger partial charge in [-0.3, -0.25) is 0 Å². The predicted octanol–water partition coefficient (Wildman–Crippen LogP) is 3.11. The molecule has 3 unspecified atom stereocenters. The molecule has 2 heteroatoms. The van der Waals surface area contributed by atoms with Gasteiger partial charge in [0.15, 0.2) is 0 Å². The smallest absolute Gasteiger partial charge is 0.109 e. The Bertz CT molecular complexity index is 542. The van der Waals surface area contributed by atoms with Crippen LogP contribution in [0.1, 0.15) is 36.8 Å². The molecule has 0 aliphatic heterocycles. The van der Waals surface area contributed by atoms with Gasteiger partial charge in [-0.1, -0.05) is 36.4 Å². The van der Waals surface area contributed by atoms with Crippen LogP contribution in [-0.2, 0) is 11.8 Å². The minimum atomic E-state index is -0.688. The SMILES string of the molecule is N#CC1(C(O)C2CC=CCC2)CCc2ccccc21. The Hall–Kier alpha value is -1.59. The number of allylic oxidation sites excluding steroid dienone is 2. The van der Waals surface area contributed by atoms with Crippen molar-refractivity contribution in [2.24, 2.45) is 5.92 Å². The Balaban J connectivity index is 1.97. The monoisotopic (exact) mass is 253 g/mol. The number of aliphatic hydroxyl groups excluding tert-OH is 1. The summed E-state index contributed by atoms with van der Waals surface area (Å²) >= 11 is 0. The van der Waals surface area contributed by atoms with E-state index >= 15 is 0 Å². The van der Waals surface area contributed by atoms with E-state index in [2.05, 4.69) is 24.3 Å². The Labute approximate surface area is 114 Å². The Morgan fingerprint density at radius 3 is 2.89 bits per heavy atom. The average molecular weight is 253 g/mol. The van der Waals surface area contributed by atoms with Crippen molar-refractivity contribution >= 4 is 0 Å². The van der Waals surface area contributed by atoms with Crippen molar-refractivity contribution in [1.29, 1.82) is 5.26 Å². The second-order valence-electron chi connectivity index (χ2n) is 5.73. The van der Waals surface area contributed by atoms with E-state index in [0.717, 1.165) is 37.7 Å². The molecule has 0 aromatic heterocycles. The number of nitrogens with zero attached hydrogens (tertiary/aromatic N) is 1. The molecule has 3 atom stereocenters. The van der Waals surface area contributed by atoms with Gasteiger partial charge >= 0.3 is 0 Å². The summed E-state index contributed by atoms with van der Waals surface area (Å²) < 4.78 is 0. The quantitative estimate of drug-likeness (QED) is 0.823. The Morgan fingerprint density at radius 2 is 2.16 bits per heavy atom. The molecule has 0 radical (unpaired) electrons. The van der Waals surface area contributed by atoms with E-state index in [1.165, 1.54) is 5.56 Å². The van der Waals surface area contributed by atoms with Gasteiger partial charge in [-0.2, -0.15) is 5.26 Å². The fourth-order valence-electron chi connectivity index (χ4n) is 3.64. The van der Waals surface area contributed by atoms with Gasteiger partial charge in [0.1, 0.15) is 5.41 Å². The normalized spacial score (nSPS) is 30.6. The number of aliphatic hydroxyl groups is 1. The van der Waals surface area contributed by atoms with Gasteiger partial charge < -0.3 is 5.11 Å². The summed E-state index contributed by atoms with van der Waals surface area (Å²) in [7, 11) is 0. The molecule has 0 spiro atoms. The molecule has 0 amide bonds. The van der Waals surface area contributed by atoms with Crippen LogP contribution in [0.15, 0.2) is 36.4 Å². The first-order chi connectivity index (χ1) is 9.28. The van der Waals surface area contributed by atoms with Gasteiger partial charge in [0, 0.05) is 0 Å². The van der Waals surface area contributed by atoms with Crippen LogP contribution in [0.4, 0.5) is 0 Å². The van der Waals surface area contributed by atoms with Crippen molar-refractivity contribution in [1.82, 2.24) is 0 Å². The van der Waals surface area contributed by atoms with Crippen LogP contribution in [-0.4, -0.2) is 11.2 Å². The molecule has 0 bridgehead atoms. The number of fused-ring (bicyclic) bond motifs is 1. The third-order valence-corrected chi connectivity index (χ3v) is 4.75. The van der Waals surface area contributed by atoms with Crippen molar-refractivity contribution in [2.45, 2.75) is 43.6 Å². The number of benzene rings is 1. The molecule has 0 saturated carbocycles. The number of aryl methyl sites for hydroxylation is 1. The van der Waals surface area contributed by atoms with E-state index in [0.29, 0.717) is 0 Å². The predicted molar refractivity (Wildman–Crippen MR) is 74.5 cm³/mol. The summed E-state index contributed by atoms with van der Waals surface area (Å²) in [5.74, 6) is 0.218. The lowest BCUT2D eigenvalue weighted by Crippen LogP contribution is -2.42. The molecule has 0 fully saturated rings. The number of rotatable bonds is 2. The van der Waals surface area contributed by atoms with Gasteiger partial charge in [-0.05, 0) is 49.1 Å². The Kier molecular flexibility index (Phi) is 3.16. The van der Waals surface area contributed by atoms with Crippen LogP contribution in [0.3, 0.4) is 0 Å². The highest BCUT2D eigenvalue weighted by molar-refractivity contribution is 5.45. The Morgan fingerprint density at radius 1 is 1.32 bits per heavy atom. The molecule has 3 rings (SSSR count). The molecule has 2 nitrogen and oxygen atoms in total. The first-order valence-electron chi connectivity index (χ1n) is 7.10. The maximum Gasteiger partial charge on any atom is 0.109 e. The molecule has 2 aliphatic rings. The zero-order chi connectivity index (χ0) is 13.3. The van der Waals surface area contributed by atoms with Gasteiger partial charge in [-0.25, -0.2) is 0 Å². The van der Waals surface area contributed by atoms with Crippen molar-refractivity contribution in [3.63, 3.8) is 0 Å². The largest absolute Gasteiger partial charge is 0.391 e. The van der Waals surface area contributed by atoms with Gasteiger partial charge in [0.05, 0.1) is 12.2 Å². The first-order valence-corrected chi connectivity index (χ1v) is 7.10. The first kappa shape index (κ1) is 12.4. The van der Waals surface area contributed by atoms with Crippen LogP contribution in [0.5, 0.6) is 0 Å². The van der Waals surface area contributed by atoms with E-state index in [9.17, 15) is 10.4 Å². The van der Waals surface area contributed by atoms with E-state index in [4.69, 9.17) is 0 Å². The topological polar surface area (TPSA) is 44.0 Å². The van der Waals surface area contributed by atoms with Crippen molar-refractivity contribution in [2.75, 3.05) is 0 Å².